The van der Waals surface area contributed by atoms with Crippen molar-refractivity contribution in [3.8, 4) is 0 Å². The third-order valence-electron chi connectivity index (χ3n) is 1.56. The molecule has 0 bridgehead atoms. The molecule has 0 atom stereocenters. The summed E-state index contributed by atoms with van der Waals surface area (Å²) < 4.78 is 4.87. The summed E-state index contributed by atoms with van der Waals surface area (Å²) in [5.41, 5.74) is 2.15. The maximum absolute atomic E-state index is 5.54. The van der Waals surface area contributed by atoms with E-state index in [0.717, 1.165) is 5.56 Å². The minimum atomic E-state index is 0.463. The number of hydrogen-bond acceptors (Lipinski definition) is 1. The number of rotatable bonds is 1. The number of benzene rings is 1. The molecule has 0 saturated heterocycles. The molecule has 2 heteroatoms. The van der Waals surface area contributed by atoms with Crippen molar-refractivity contribution in [3.63, 3.8) is 0 Å². The third-order valence-corrected chi connectivity index (χ3v) is 1.56. The lowest BCUT2D eigenvalue weighted by atomic mass is 10.1. The fourth-order valence-electron chi connectivity index (χ4n) is 0.836. The van der Waals surface area contributed by atoms with Gasteiger partial charge in [-0.15, -0.1) is 0 Å². The molecule has 0 amide bonds. The van der Waals surface area contributed by atoms with E-state index in [1.54, 1.807) is 7.11 Å². The van der Waals surface area contributed by atoms with Crippen molar-refractivity contribution in [2.24, 2.45) is 0 Å². The molecular formula is C9H12NO+. The standard InChI is InChI=1S/C9H11NO/c1-7-3-5-8(6-4-7)9(10)11-2/h3-6,10H,1-2H3/p+1. The molecule has 11 heavy (non-hydrogen) atoms. The smallest absolute Gasteiger partial charge is 0.366 e. The molecule has 0 radical (unpaired) electrons. The number of ether oxygens (including phenoxy) is 1. The van der Waals surface area contributed by atoms with E-state index in [-0.39, 0.29) is 0 Å². The number of methoxy groups -OCH3 is 1. The van der Waals surface area contributed by atoms with Crippen LogP contribution >= 0.6 is 0 Å². The lowest BCUT2D eigenvalue weighted by Crippen LogP contribution is -2.41. The largest absolute Gasteiger partial charge is 0.448 e. The van der Waals surface area contributed by atoms with Crippen LogP contribution in [-0.4, -0.2) is 13.0 Å². The summed E-state index contributed by atoms with van der Waals surface area (Å²) in [5, 5.41) is 5.54. The highest BCUT2D eigenvalue weighted by Crippen LogP contribution is 2.02. The minimum Gasteiger partial charge on any atom is -0.448 e. The van der Waals surface area contributed by atoms with Crippen LogP contribution in [0.15, 0.2) is 24.3 Å². The molecule has 1 aromatic carbocycles. The zero-order valence-electron chi connectivity index (χ0n) is 6.79. The minimum absolute atomic E-state index is 0.463. The molecule has 0 spiro atoms. The number of aryl methyl sites for hydroxylation is 1. The topological polar surface area (TPSA) is 34.8 Å². The Kier molecular flexibility index (Phi) is 2.26. The van der Waals surface area contributed by atoms with E-state index < -0.39 is 0 Å². The normalized spacial score (nSPS) is 9.27. The second kappa shape index (κ2) is 3.19. The molecule has 0 aliphatic carbocycles. The summed E-state index contributed by atoms with van der Waals surface area (Å²) >= 11 is 0. The first-order valence-electron chi connectivity index (χ1n) is 3.47. The van der Waals surface area contributed by atoms with Crippen LogP contribution in [-0.2, 0) is 4.74 Å². The van der Waals surface area contributed by atoms with Crippen molar-refractivity contribution >= 4 is 5.90 Å². The maximum Gasteiger partial charge on any atom is 0.366 e. The van der Waals surface area contributed by atoms with Gasteiger partial charge in [-0.25, -0.2) is 5.41 Å². The molecule has 0 aromatic heterocycles. The van der Waals surface area contributed by atoms with Crippen molar-refractivity contribution in [3.05, 3.63) is 35.4 Å². The van der Waals surface area contributed by atoms with E-state index in [2.05, 4.69) is 0 Å². The Labute approximate surface area is 66.3 Å². The molecule has 1 aromatic rings. The van der Waals surface area contributed by atoms with Gasteiger partial charge in [-0.3, -0.25) is 0 Å². The van der Waals surface area contributed by atoms with Crippen LogP contribution in [0.25, 0.3) is 0 Å². The van der Waals surface area contributed by atoms with E-state index in [9.17, 15) is 0 Å². The van der Waals surface area contributed by atoms with Gasteiger partial charge in [0.1, 0.15) is 0 Å². The molecule has 2 nitrogen and oxygen atoms in total. The van der Waals surface area contributed by atoms with Gasteiger partial charge in [0.2, 0.25) is 0 Å². The van der Waals surface area contributed by atoms with E-state index in [4.69, 9.17) is 10.1 Å². The summed E-state index contributed by atoms with van der Waals surface area (Å²) in [6.07, 6.45) is 0. The van der Waals surface area contributed by atoms with Gasteiger partial charge in [0.15, 0.2) is 0 Å². The fourth-order valence-corrected chi connectivity index (χ4v) is 0.836. The van der Waals surface area contributed by atoms with Gasteiger partial charge in [0.25, 0.3) is 0 Å². The van der Waals surface area contributed by atoms with Crippen LogP contribution in [0.1, 0.15) is 11.1 Å². The Morgan fingerprint density at radius 3 is 2.27 bits per heavy atom. The molecule has 0 fully saturated rings. The van der Waals surface area contributed by atoms with Gasteiger partial charge in [-0.2, -0.15) is 0 Å². The zero-order chi connectivity index (χ0) is 8.27. The fraction of sp³-hybridized carbons (Fsp3) is 0.222. The van der Waals surface area contributed by atoms with Gasteiger partial charge < -0.3 is 4.74 Å². The van der Waals surface area contributed by atoms with Gasteiger partial charge in [0.05, 0.1) is 12.7 Å². The average Bonchev–Trinajstić information content (AvgIpc) is 2.05. The van der Waals surface area contributed by atoms with Crippen LogP contribution in [0.2, 0.25) is 0 Å². The highest BCUT2D eigenvalue weighted by atomic mass is 16.5. The second-order valence-electron chi connectivity index (χ2n) is 2.43. The molecule has 0 heterocycles. The Morgan fingerprint density at radius 2 is 1.82 bits per heavy atom. The van der Waals surface area contributed by atoms with E-state index in [1.165, 1.54) is 5.56 Å². The molecule has 0 aliphatic rings. The Bertz CT molecular complexity index is 251. The van der Waals surface area contributed by atoms with Crippen LogP contribution in [0.3, 0.4) is 0 Å². The van der Waals surface area contributed by atoms with Crippen molar-refractivity contribution in [2.45, 2.75) is 6.92 Å². The van der Waals surface area contributed by atoms with Crippen molar-refractivity contribution in [1.82, 2.24) is 0 Å². The van der Waals surface area contributed by atoms with Gasteiger partial charge in [-0.05, 0) is 19.1 Å². The lowest BCUT2D eigenvalue weighted by Gasteiger charge is -1.96. The Hall–Kier alpha value is -1.31. The molecular weight excluding hydrogens is 138 g/mol. The summed E-state index contributed by atoms with van der Waals surface area (Å²) in [7, 11) is 1.56. The van der Waals surface area contributed by atoms with Crippen LogP contribution in [0, 0.1) is 6.92 Å². The monoisotopic (exact) mass is 150 g/mol. The predicted molar refractivity (Wildman–Crippen MR) is 44.2 cm³/mol. The predicted octanol–water partition coefficient (Wildman–Crippen LogP) is 0.147. The van der Waals surface area contributed by atoms with Crippen molar-refractivity contribution < 1.29 is 10.1 Å². The van der Waals surface area contributed by atoms with Crippen molar-refractivity contribution in [1.29, 1.82) is 0 Å². The zero-order valence-corrected chi connectivity index (χ0v) is 6.79. The molecule has 58 valence electrons. The van der Waals surface area contributed by atoms with Gasteiger partial charge in [-0.1, -0.05) is 17.7 Å². The second-order valence-corrected chi connectivity index (χ2v) is 2.43. The summed E-state index contributed by atoms with van der Waals surface area (Å²) in [6.45, 7) is 2.03. The van der Waals surface area contributed by atoms with Crippen LogP contribution in [0.4, 0.5) is 0 Å². The molecule has 1 rings (SSSR count). The summed E-state index contributed by atoms with van der Waals surface area (Å²) in [4.78, 5) is 0. The SMILES string of the molecule is COC(=[NH2+])c1ccc(C)cc1. The maximum atomic E-state index is 5.54. The quantitative estimate of drug-likeness (QED) is 0.449. The average molecular weight is 150 g/mol. The lowest BCUT2D eigenvalue weighted by molar-refractivity contribution is -0.135. The van der Waals surface area contributed by atoms with Crippen LogP contribution < -0.4 is 5.41 Å². The molecule has 0 saturated carbocycles. The highest BCUT2D eigenvalue weighted by Gasteiger charge is 2.03. The Morgan fingerprint density at radius 1 is 1.27 bits per heavy atom. The summed E-state index contributed by atoms with van der Waals surface area (Å²) in [6, 6.07) is 7.88. The Balaban J connectivity index is 2.90. The van der Waals surface area contributed by atoms with Gasteiger partial charge in [0, 0.05) is 0 Å². The van der Waals surface area contributed by atoms with E-state index >= 15 is 0 Å². The van der Waals surface area contributed by atoms with E-state index in [0.29, 0.717) is 5.90 Å². The van der Waals surface area contributed by atoms with Gasteiger partial charge >= 0.3 is 5.90 Å². The first kappa shape index (κ1) is 7.79. The first-order chi connectivity index (χ1) is 5.24. The number of hydrogen-bond donors (Lipinski definition) is 1. The molecule has 0 unspecified atom stereocenters. The molecule has 0 aliphatic heterocycles. The van der Waals surface area contributed by atoms with Crippen LogP contribution in [0.5, 0.6) is 0 Å². The highest BCUT2D eigenvalue weighted by molar-refractivity contribution is 5.88. The van der Waals surface area contributed by atoms with Crippen molar-refractivity contribution in [2.75, 3.05) is 7.11 Å². The third kappa shape index (κ3) is 1.80. The summed E-state index contributed by atoms with van der Waals surface area (Å²) in [5.74, 6) is 0.463. The molecule has 2 N–H and O–H groups in total. The number of nitrogens with two attached hydrogens (primary N) is 1. The first-order valence-corrected chi connectivity index (χ1v) is 3.47. The van der Waals surface area contributed by atoms with E-state index in [1.807, 2.05) is 31.2 Å².